The Bertz CT molecular complexity index is 494. The zero-order valence-electron chi connectivity index (χ0n) is 13.4. The molecule has 0 aromatic heterocycles. The van der Waals surface area contributed by atoms with Crippen molar-refractivity contribution in [3.05, 3.63) is 29.8 Å². The molecule has 2 fully saturated rings. The van der Waals surface area contributed by atoms with Crippen LogP contribution in [0.1, 0.15) is 50.1 Å². The van der Waals surface area contributed by atoms with Gasteiger partial charge in [0.25, 0.3) is 0 Å². The van der Waals surface area contributed by atoms with Crippen molar-refractivity contribution in [1.82, 2.24) is 10.2 Å². The lowest BCUT2D eigenvalue weighted by Crippen LogP contribution is -2.40. The van der Waals surface area contributed by atoms with E-state index in [1.165, 1.54) is 18.4 Å². The monoisotopic (exact) mass is 302 g/mol. The molecule has 0 radical (unpaired) electrons. The zero-order valence-corrected chi connectivity index (χ0v) is 13.4. The van der Waals surface area contributed by atoms with Crippen LogP contribution in [0.4, 0.5) is 0 Å². The van der Waals surface area contributed by atoms with E-state index < -0.39 is 0 Å². The molecule has 3 rings (SSSR count). The average Bonchev–Trinajstić information content (AvgIpc) is 3.19. The number of nitrogens with zero attached hydrogens (tertiary/aromatic N) is 1. The van der Waals surface area contributed by atoms with Crippen molar-refractivity contribution in [2.45, 2.75) is 50.6 Å². The van der Waals surface area contributed by atoms with Crippen LogP contribution in [-0.4, -0.2) is 37.0 Å². The van der Waals surface area contributed by atoms with Crippen molar-refractivity contribution in [2.75, 3.05) is 20.2 Å². The van der Waals surface area contributed by atoms with Crippen molar-refractivity contribution in [1.29, 1.82) is 0 Å². The topological polar surface area (TPSA) is 41.6 Å². The third kappa shape index (κ3) is 3.61. The van der Waals surface area contributed by atoms with Gasteiger partial charge in [-0.2, -0.15) is 0 Å². The molecule has 0 spiro atoms. The van der Waals surface area contributed by atoms with Gasteiger partial charge >= 0.3 is 0 Å². The van der Waals surface area contributed by atoms with E-state index in [0.29, 0.717) is 18.6 Å². The number of benzene rings is 1. The van der Waals surface area contributed by atoms with Crippen molar-refractivity contribution in [3.63, 3.8) is 0 Å². The van der Waals surface area contributed by atoms with E-state index in [1.807, 2.05) is 12.1 Å². The molecular formula is C18H26N2O2. The molecule has 4 heteroatoms. The van der Waals surface area contributed by atoms with E-state index in [-0.39, 0.29) is 5.91 Å². The first-order valence-electron chi connectivity index (χ1n) is 8.43. The molecule has 4 nitrogen and oxygen atoms in total. The van der Waals surface area contributed by atoms with Gasteiger partial charge in [-0.05, 0) is 49.9 Å². The molecule has 1 N–H and O–H groups in total. The maximum atomic E-state index is 12.3. The van der Waals surface area contributed by atoms with Crippen LogP contribution in [0, 0.1) is 0 Å². The van der Waals surface area contributed by atoms with Crippen molar-refractivity contribution in [3.8, 4) is 5.75 Å². The number of nitrogens with one attached hydrogen (secondary N) is 1. The molecule has 1 heterocycles. The molecule has 1 saturated carbocycles. The molecule has 120 valence electrons. The summed E-state index contributed by atoms with van der Waals surface area (Å²) in [6, 6.07) is 9.03. The summed E-state index contributed by atoms with van der Waals surface area (Å²) < 4.78 is 5.22. The summed E-state index contributed by atoms with van der Waals surface area (Å²) in [5.74, 6) is 1.07. The predicted molar refractivity (Wildman–Crippen MR) is 86.9 cm³/mol. The summed E-state index contributed by atoms with van der Waals surface area (Å²) in [7, 11) is 1.68. The summed E-state index contributed by atoms with van der Waals surface area (Å²) in [5.41, 5.74) is 1.28. The lowest BCUT2D eigenvalue weighted by molar-refractivity contribution is -0.123. The second kappa shape index (κ2) is 7.14. The minimum Gasteiger partial charge on any atom is -0.497 e. The van der Waals surface area contributed by atoms with Gasteiger partial charge in [0.15, 0.2) is 0 Å². The van der Waals surface area contributed by atoms with Crippen LogP contribution in [0.25, 0.3) is 0 Å². The Balaban J connectivity index is 1.58. The molecule has 1 amide bonds. The van der Waals surface area contributed by atoms with Gasteiger partial charge < -0.3 is 10.1 Å². The van der Waals surface area contributed by atoms with Crippen LogP contribution >= 0.6 is 0 Å². The maximum Gasteiger partial charge on any atom is 0.234 e. The molecule has 1 saturated heterocycles. The smallest absolute Gasteiger partial charge is 0.234 e. The number of hydrogen-bond donors (Lipinski definition) is 1. The highest BCUT2D eigenvalue weighted by atomic mass is 16.5. The first-order valence-corrected chi connectivity index (χ1v) is 8.43. The SMILES string of the molecule is COc1ccc(C2CCCN2CC(=O)NC2CCCC2)cc1. The minimum absolute atomic E-state index is 0.187. The summed E-state index contributed by atoms with van der Waals surface area (Å²) in [6.45, 7) is 1.53. The summed E-state index contributed by atoms with van der Waals surface area (Å²) >= 11 is 0. The van der Waals surface area contributed by atoms with Gasteiger partial charge in [0, 0.05) is 12.1 Å². The number of likely N-dealkylation sites (tertiary alicyclic amines) is 1. The van der Waals surface area contributed by atoms with E-state index in [9.17, 15) is 4.79 Å². The molecule has 1 aliphatic heterocycles. The summed E-state index contributed by atoms with van der Waals surface area (Å²) in [6.07, 6.45) is 7.09. The largest absolute Gasteiger partial charge is 0.497 e. The fourth-order valence-corrected chi connectivity index (χ4v) is 3.75. The molecule has 0 bridgehead atoms. The minimum atomic E-state index is 0.187. The third-order valence-electron chi connectivity index (χ3n) is 4.93. The highest BCUT2D eigenvalue weighted by Gasteiger charge is 2.28. The predicted octanol–water partition coefficient (Wildman–Crippen LogP) is 2.89. The second-order valence-electron chi connectivity index (χ2n) is 6.45. The van der Waals surface area contributed by atoms with Crippen LogP contribution < -0.4 is 10.1 Å². The number of amides is 1. The van der Waals surface area contributed by atoms with E-state index in [0.717, 1.165) is 38.0 Å². The standard InChI is InChI=1S/C18H26N2O2/c1-22-16-10-8-14(9-11-16)17-7-4-12-20(17)13-18(21)19-15-5-2-3-6-15/h8-11,15,17H,2-7,12-13H2,1H3,(H,19,21). The van der Waals surface area contributed by atoms with Crippen LogP contribution in [0.5, 0.6) is 5.75 Å². The van der Waals surface area contributed by atoms with Gasteiger partial charge in [0.05, 0.1) is 13.7 Å². The van der Waals surface area contributed by atoms with Crippen LogP contribution in [0.15, 0.2) is 24.3 Å². The molecule has 1 aromatic rings. The van der Waals surface area contributed by atoms with Crippen molar-refractivity contribution in [2.24, 2.45) is 0 Å². The van der Waals surface area contributed by atoms with E-state index in [2.05, 4.69) is 22.3 Å². The van der Waals surface area contributed by atoms with E-state index >= 15 is 0 Å². The molecule has 22 heavy (non-hydrogen) atoms. The Hall–Kier alpha value is -1.55. The number of ether oxygens (including phenoxy) is 1. The number of hydrogen-bond acceptors (Lipinski definition) is 3. The fraction of sp³-hybridized carbons (Fsp3) is 0.611. The van der Waals surface area contributed by atoms with E-state index in [4.69, 9.17) is 4.74 Å². The molecule has 2 aliphatic rings. The normalized spacial score (nSPS) is 22.9. The van der Waals surface area contributed by atoms with E-state index in [1.54, 1.807) is 7.11 Å². The molecule has 1 aromatic carbocycles. The fourth-order valence-electron chi connectivity index (χ4n) is 3.75. The van der Waals surface area contributed by atoms with Gasteiger partial charge in [-0.15, -0.1) is 0 Å². The highest BCUT2D eigenvalue weighted by Crippen LogP contribution is 2.32. The Labute approximate surface area is 132 Å². The Morgan fingerprint density at radius 1 is 1.18 bits per heavy atom. The van der Waals surface area contributed by atoms with Gasteiger partial charge in [-0.25, -0.2) is 0 Å². The lowest BCUT2D eigenvalue weighted by atomic mass is 10.0. The Morgan fingerprint density at radius 3 is 2.59 bits per heavy atom. The number of carbonyl (C=O) groups is 1. The number of carbonyl (C=O) groups excluding carboxylic acids is 1. The quantitative estimate of drug-likeness (QED) is 0.909. The number of methoxy groups -OCH3 is 1. The lowest BCUT2D eigenvalue weighted by Gasteiger charge is -2.25. The second-order valence-corrected chi connectivity index (χ2v) is 6.45. The van der Waals surface area contributed by atoms with Crippen molar-refractivity contribution >= 4 is 5.91 Å². The molecule has 1 aliphatic carbocycles. The molecule has 1 unspecified atom stereocenters. The molecular weight excluding hydrogens is 276 g/mol. The summed E-state index contributed by atoms with van der Waals surface area (Å²) in [5, 5.41) is 3.20. The average molecular weight is 302 g/mol. The Kier molecular flexibility index (Phi) is 4.98. The zero-order chi connectivity index (χ0) is 15.4. The summed E-state index contributed by atoms with van der Waals surface area (Å²) in [4.78, 5) is 14.6. The Morgan fingerprint density at radius 2 is 1.91 bits per heavy atom. The van der Waals surface area contributed by atoms with Gasteiger partial charge in [0.1, 0.15) is 5.75 Å². The maximum absolute atomic E-state index is 12.3. The number of rotatable bonds is 5. The van der Waals surface area contributed by atoms with Crippen LogP contribution in [-0.2, 0) is 4.79 Å². The van der Waals surface area contributed by atoms with Gasteiger partial charge in [-0.1, -0.05) is 25.0 Å². The first kappa shape index (κ1) is 15.3. The highest BCUT2D eigenvalue weighted by molar-refractivity contribution is 5.78. The molecule has 1 atom stereocenters. The van der Waals surface area contributed by atoms with Gasteiger partial charge in [0.2, 0.25) is 5.91 Å². The van der Waals surface area contributed by atoms with Crippen molar-refractivity contribution < 1.29 is 9.53 Å². The van der Waals surface area contributed by atoms with Crippen LogP contribution in [0.3, 0.4) is 0 Å². The third-order valence-corrected chi connectivity index (χ3v) is 4.93. The first-order chi connectivity index (χ1) is 10.8. The van der Waals surface area contributed by atoms with Crippen LogP contribution in [0.2, 0.25) is 0 Å². The van der Waals surface area contributed by atoms with Gasteiger partial charge in [-0.3, -0.25) is 9.69 Å².